The van der Waals surface area contributed by atoms with Crippen molar-refractivity contribution in [1.29, 1.82) is 0 Å². The Morgan fingerprint density at radius 3 is 2.43 bits per heavy atom. The van der Waals surface area contributed by atoms with E-state index in [0.717, 1.165) is 37.7 Å². The van der Waals surface area contributed by atoms with E-state index in [1.807, 2.05) is 23.1 Å². The molecule has 1 saturated heterocycles. The van der Waals surface area contributed by atoms with Crippen molar-refractivity contribution in [2.75, 3.05) is 31.2 Å². The maximum Gasteiger partial charge on any atom is 0.242 e. The number of amides is 1. The van der Waals surface area contributed by atoms with Crippen LogP contribution in [-0.4, -0.2) is 61.8 Å². The van der Waals surface area contributed by atoms with E-state index in [4.69, 9.17) is 4.74 Å². The highest BCUT2D eigenvalue weighted by molar-refractivity contribution is 7.84. The van der Waals surface area contributed by atoms with Gasteiger partial charge < -0.3 is 15.1 Å². The fourth-order valence-corrected chi connectivity index (χ4v) is 5.48. The van der Waals surface area contributed by atoms with Crippen molar-refractivity contribution in [2.24, 2.45) is 17.8 Å². The number of piperidine rings is 1. The van der Waals surface area contributed by atoms with Gasteiger partial charge in [-0.25, -0.2) is 4.98 Å². The molecule has 1 aromatic carbocycles. The van der Waals surface area contributed by atoms with Gasteiger partial charge in [0.15, 0.2) is 5.69 Å². The molecule has 2 unspecified atom stereocenters. The number of nitrogens with zero attached hydrogens (tertiary/aromatic N) is 3. The number of ether oxygens (including phenoxy) is 1. The maximum absolute atomic E-state index is 13.1. The molecule has 2 fully saturated rings. The van der Waals surface area contributed by atoms with Crippen LogP contribution in [0.15, 0.2) is 54.1 Å². The Kier molecular flexibility index (Phi) is 10.2. The number of benzene rings is 1. The summed E-state index contributed by atoms with van der Waals surface area (Å²) in [6.45, 7) is 5.63. The highest BCUT2D eigenvalue weighted by Gasteiger charge is 2.35. The first-order chi connectivity index (χ1) is 17.4. The second-order valence-electron chi connectivity index (χ2n) is 9.72. The number of pyridine rings is 1. The molecular formula is C27H37N3O6S. The molecule has 1 aromatic heterocycles. The van der Waals surface area contributed by atoms with Gasteiger partial charge in [-0.15, -0.1) is 11.8 Å². The predicted molar refractivity (Wildman–Crippen MR) is 142 cm³/mol. The van der Waals surface area contributed by atoms with E-state index in [1.165, 1.54) is 6.42 Å². The molecule has 0 radical (unpaired) electrons. The summed E-state index contributed by atoms with van der Waals surface area (Å²) < 4.78 is 17.5. The van der Waals surface area contributed by atoms with Crippen LogP contribution in [0.1, 0.15) is 38.5 Å². The highest BCUT2D eigenvalue weighted by atomic mass is 32.2. The number of aromatic nitrogens is 1. The third-order valence-electron chi connectivity index (χ3n) is 7.41. The van der Waals surface area contributed by atoms with Crippen LogP contribution in [0.5, 0.6) is 5.88 Å². The van der Waals surface area contributed by atoms with Crippen LogP contribution in [0.25, 0.3) is 11.1 Å². The molecule has 10 heteroatoms. The molecule has 0 bridgehead atoms. The first-order valence-corrected chi connectivity index (χ1v) is 14.1. The summed E-state index contributed by atoms with van der Waals surface area (Å²) in [5.74, 6) is 1.20. The summed E-state index contributed by atoms with van der Waals surface area (Å²) in [6.07, 6.45) is 11.0. The molecule has 1 amide bonds. The molecule has 202 valence electrons. The zero-order valence-corrected chi connectivity index (χ0v) is 22.0. The molecule has 1 aliphatic carbocycles. The summed E-state index contributed by atoms with van der Waals surface area (Å²) in [5, 5.41) is 19.6. The Morgan fingerprint density at radius 1 is 1.22 bits per heavy atom. The first-order valence-electron chi connectivity index (χ1n) is 12.5. The van der Waals surface area contributed by atoms with Crippen molar-refractivity contribution in [3.05, 3.63) is 49.2 Å². The molecule has 4 rings (SSSR count). The van der Waals surface area contributed by atoms with E-state index < -0.39 is 10.8 Å². The van der Waals surface area contributed by atoms with Gasteiger partial charge in [0.25, 0.3) is 0 Å². The second-order valence-corrected chi connectivity index (χ2v) is 11.1. The van der Waals surface area contributed by atoms with Crippen LogP contribution < -0.4 is 9.96 Å². The lowest BCUT2D eigenvalue weighted by atomic mass is 9.73. The van der Waals surface area contributed by atoms with E-state index in [9.17, 15) is 19.4 Å². The van der Waals surface area contributed by atoms with Crippen LogP contribution in [0.4, 0.5) is 5.69 Å². The quantitative estimate of drug-likeness (QED) is 0.351. The van der Waals surface area contributed by atoms with Crippen molar-refractivity contribution in [3.8, 4) is 17.0 Å². The third-order valence-corrected chi connectivity index (χ3v) is 8.34. The van der Waals surface area contributed by atoms with Gasteiger partial charge in [-0.1, -0.05) is 24.6 Å². The summed E-state index contributed by atoms with van der Waals surface area (Å²) >= 11 is 0. The SMILES string of the molecule is C=CCC(C(=O)N1CCC(COc2ncc(-c3ccc(S(C)=O)cc3)cc2N(O)O)CC1)C1CCC1.O. The molecule has 2 atom stereocenters. The first kappa shape index (κ1) is 28.8. The highest BCUT2D eigenvalue weighted by Crippen LogP contribution is 2.37. The van der Waals surface area contributed by atoms with Crippen LogP contribution >= 0.6 is 0 Å². The Bertz CT molecular complexity index is 1080. The van der Waals surface area contributed by atoms with Gasteiger partial charge in [0.05, 0.1) is 6.61 Å². The molecule has 1 aliphatic heterocycles. The Hall–Kier alpha value is -2.79. The normalized spacial score (nSPS) is 17.8. The van der Waals surface area contributed by atoms with Gasteiger partial charge in [0.1, 0.15) is 0 Å². The zero-order valence-electron chi connectivity index (χ0n) is 21.2. The van der Waals surface area contributed by atoms with E-state index in [1.54, 1.807) is 30.7 Å². The summed E-state index contributed by atoms with van der Waals surface area (Å²) in [6, 6.07) is 8.76. The molecule has 2 heterocycles. The van der Waals surface area contributed by atoms with E-state index in [2.05, 4.69) is 11.6 Å². The molecule has 9 nitrogen and oxygen atoms in total. The minimum atomic E-state index is -1.07. The molecule has 2 aliphatic rings. The smallest absolute Gasteiger partial charge is 0.242 e. The largest absolute Gasteiger partial charge is 0.476 e. The predicted octanol–water partition coefficient (Wildman–Crippen LogP) is 3.86. The second kappa shape index (κ2) is 13.1. The lowest BCUT2D eigenvalue weighted by molar-refractivity contribution is -0.140. The van der Waals surface area contributed by atoms with Crippen molar-refractivity contribution in [3.63, 3.8) is 0 Å². The fraction of sp³-hybridized carbons (Fsp3) is 0.481. The lowest BCUT2D eigenvalue weighted by Crippen LogP contribution is -2.45. The van der Waals surface area contributed by atoms with E-state index >= 15 is 0 Å². The number of carbonyl (C=O) groups excluding carboxylic acids is 1. The van der Waals surface area contributed by atoms with Crippen molar-refractivity contribution in [1.82, 2.24) is 9.88 Å². The van der Waals surface area contributed by atoms with Crippen LogP contribution in [0.3, 0.4) is 0 Å². The number of allylic oxidation sites excluding steroid dienone is 1. The van der Waals surface area contributed by atoms with E-state index in [-0.39, 0.29) is 40.0 Å². The van der Waals surface area contributed by atoms with Gasteiger partial charge in [-0.3, -0.25) is 19.4 Å². The number of hydrogen-bond donors (Lipinski definition) is 2. The Morgan fingerprint density at radius 2 is 1.89 bits per heavy atom. The topological polar surface area (TPSA) is 135 Å². The minimum absolute atomic E-state index is 0. The average molecular weight is 532 g/mol. The number of likely N-dealkylation sites (tertiary alicyclic amines) is 1. The van der Waals surface area contributed by atoms with Gasteiger partial charge >= 0.3 is 0 Å². The molecule has 37 heavy (non-hydrogen) atoms. The molecule has 0 spiro atoms. The maximum atomic E-state index is 13.1. The van der Waals surface area contributed by atoms with Crippen LogP contribution in [0.2, 0.25) is 0 Å². The van der Waals surface area contributed by atoms with Gasteiger partial charge in [0.2, 0.25) is 11.8 Å². The molecular weight excluding hydrogens is 494 g/mol. The molecule has 1 saturated carbocycles. The third kappa shape index (κ3) is 6.95. The van der Waals surface area contributed by atoms with E-state index in [0.29, 0.717) is 36.1 Å². The molecule has 4 N–H and O–H groups in total. The molecule has 2 aromatic rings. The van der Waals surface area contributed by atoms with Gasteiger partial charge in [-0.2, -0.15) is 0 Å². The van der Waals surface area contributed by atoms with Gasteiger partial charge in [-0.05, 0) is 67.7 Å². The average Bonchev–Trinajstić information content (AvgIpc) is 2.86. The Labute approximate surface area is 220 Å². The monoisotopic (exact) mass is 531 g/mol. The standard InChI is InChI=1S/C27H35N3O5S.H2O/c1-3-5-24(21-6-4-7-21)27(31)29-14-12-19(13-15-29)18-35-26-25(30(32)33)16-22(17-28-26)20-8-10-23(11-9-20)36(2)34;/h3,8-11,16-17,19,21,24,32-33H,1,4-7,12-15,18H2,2H3;1H2. The Balaban J connectivity index is 0.00000380. The number of rotatable bonds is 10. The zero-order chi connectivity index (χ0) is 25.7. The summed E-state index contributed by atoms with van der Waals surface area (Å²) in [7, 11) is -1.07. The fourth-order valence-electron chi connectivity index (χ4n) is 4.96. The van der Waals surface area contributed by atoms with Gasteiger partial charge in [0, 0.05) is 52.7 Å². The van der Waals surface area contributed by atoms with Crippen molar-refractivity contribution >= 4 is 22.4 Å². The minimum Gasteiger partial charge on any atom is -0.476 e. The van der Waals surface area contributed by atoms with Crippen molar-refractivity contribution in [2.45, 2.75) is 43.4 Å². The lowest BCUT2D eigenvalue weighted by Gasteiger charge is -2.38. The summed E-state index contributed by atoms with van der Waals surface area (Å²) in [4.78, 5) is 20.1. The number of anilines is 1. The van der Waals surface area contributed by atoms with Crippen molar-refractivity contribution < 1.29 is 29.6 Å². The van der Waals surface area contributed by atoms with Crippen LogP contribution in [-0.2, 0) is 15.6 Å². The summed E-state index contributed by atoms with van der Waals surface area (Å²) in [5.41, 5.74) is 1.52. The number of hydrogen-bond acceptors (Lipinski definition) is 7. The van der Waals surface area contributed by atoms with Crippen LogP contribution in [0, 0.1) is 17.8 Å². The number of carbonyl (C=O) groups is 1.